The van der Waals surface area contributed by atoms with Crippen molar-refractivity contribution in [2.45, 2.75) is 38.5 Å². The molecule has 0 fully saturated rings. The van der Waals surface area contributed by atoms with Crippen LogP contribution >= 0.6 is 11.6 Å². The molecule has 0 unspecified atom stereocenters. The monoisotopic (exact) mass is 525 g/mol. The minimum atomic E-state index is -0.0614. The number of hydrogen-bond acceptors (Lipinski definition) is 1. The molecule has 0 saturated heterocycles. The summed E-state index contributed by atoms with van der Waals surface area (Å²) in [7, 11) is 0. The lowest BCUT2D eigenvalue weighted by atomic mass is 9.82. The third kappa shape index (κ3) is 4.03. The Labute approximate surface area is 237 Å². The van der Waals surface area contributed by atoms with Crippen molar-refractivity contribution in [3.8, 4) is 34.6 Å². The fraction of sp³-hybridized carbons (Fsp3) is 0.189. The maximum Gasteiger partial charge on any atom is 0.0901 e. The molecule has 2 aliphatic carbocycles. The van der Waals surface area contributed by atoms with Crippen LogP contribution in [0.1, 0.15) is 49.9 Å². The summed E-state index contributed by atoms with van der Waals surface area (Å²) in [5.74, 6) is 2.47. The lowest BCUT2D eigenvalue weighted by Crippen LogP contribution is -2.20. The van der Waals surface area contributed by atoms with Gasteiger partial charge in [0.15, 0.2) is 0 Å². The molecule has 0 radical (unpaired) electrons. The largest absolute Gasteiger partial charge is 0.338 e. The fourth-order valence-corrected chi connectivity index (χ4v) is 6.52. The first-order valence-electron chi connectivity index (χ1n) is 13.5. The zero-order chi connectivity index (χ0) is 27.4. The Morgan fingerprint density at radius 1 is 0.718 bits per heavy atom. The molecular formula is C37H32ClN. The first-order chi connectivity index (χ1) is 18.7. The Morgan fingerprint density at radius 3 is 1.67 bits per heavy atom. The Hall–Kier alpha value is -3.99. The summed E-state index contributed by atoms with van der Waals surface area (Å²) in [6.45, 7) is 9.99. The van der Waals surface area contributed by atoms with Gasteiger partial charge in [-0.1, -0.05) is 118 Å². The molecule has 2 heteroatoms. The highest BCUT2D eigenvalue weighted by Crippen LogP contribution is 2.52. The average Bonchev–Trinajstić information content (AvgIpc) is 3.32. The minimum Gasteiger partial charge on any atom is -0.338 e. The molecule has 0 amide bonds. The number of fused-ring (bicyclic) bond motifs is 6. The lowest BCUT2D eigenvalue weighted by molar-refractivity contribution is 0.659. The molecule has 2 aliphatic rings. The zero-order valence-corrected chi connectivity index (χ0v) is 23.7. The van der Waals surface area contributed by atoms with E-state index in [4.69, 9.17) is 18.0 Å². The fourth-order valence-electron chi connectivity index (χ4n) is 6.45. The van der Waals surface area contributed by atoms with Gasteiger partial charge in [0.1, 0.15) is 0 Å². The number of rotatable bonds is 5. The van der Waals surface area contributed by atoms with Crippen LogP contribution in [0.4, 0.5) is 11.4 Å². The van der Waals surface area contributed by atoms with Crippen molar-refractivity contribution in [3.63, 3.8) is 0 Å². The van der Waals surface area contributed by atoms with Crippen molar-refractivity contribution in [3.05, 3.63) is 130 Å². The molecule has 4 aromatic carbocycles. The van der Waals surface area contributed by atoms with Crippen LogP contribution in [0.3, 0.4) is 0 Å². The predicted molar refractivity (Wildman–Crippen MR) is 167 cm³/mol. The third-order valence-electron chi connectivity index (χ3n) is 8.56. The quantitative estimate of drug-likeness (QED) is 0.185. The molecule has 0 bridgehead atoms. The second kappa shape index (κ2) is 9.33. The van der Waals surface area contributed by atoms with Crippen LogP contribution in [0.2, 0.25) is 0 Å². The van der Waals surface area contributed by atoms with Crippen LogP contribution in [0.15, 0.2) is 108 Å². The van der Waals surface area contributed by atoms with Crippen molar-refractivity contribution in [2.75, 3.05) is 11.4 Å². The normalized spacial score (nSPS) is 15.8. The van der Waals surface area contributed by atoms with Crippen LogP contribution < -0.4 is 4.90 Å². The molecule has 4 aromatic rings. The minimum absolute atomic E-state index is 0.0614. The predicted octanol–water partition coefficient (Wildman–Crippen LogP) is 9.75. The van der Waals surface area contributed by atoms with Crippen molar-refractivity contribution >= 4 is 23.0 Å². The smallest absolute Gasteiger partial charge is 0.0901 e. The first-order valence-corrected chi connectivity index (χ1v) is 13.9. The molecule has 0 N–H and O–H groups in total. The standard InChI is InChI=1S/C37H32ClN/c1-6-25(38)13-11-12-22-39(26-18-20-30-28-14-7-9-16-32(28)36(2,3)34(30)23-26)27-19-21-31-29-15-8-10-17-33(29)37(4,5)35(31)24-27/h1,7-21,23-24H,22H2,2-5H3/b12-11-,25-13+. The molecule has 0 saturated carbocycles. The van der Waals surface area contributed by atoms with Gasteiger partial charge >= 0.3 is 0 Å². The van der Waals surface area contributed by atoms with Crippen LogP contribution in [0, 0.1) is 12.3 Å². The van der Waals surface area contributed by atoms with Gasteiger partial charge in [0, 0.05) is 28.7 Å². The van der Waals surface area contributed by atoms with Gasteiger partial charge in [0.2, 0.25) is 0 Å². The van der Waals surface area contributed by atoms with E-state index in [2.05, 4.69) is 130 Å². The van der Waals surface area contributed by atoms with Gasteiger partial charge in [-0.3, -0.25) is 0 Å². The Morgan fingerprint density at radius 2 is 1.18 bits per heavy atom. The van der Waals surface area contributed by atoms with Crippen LogP contribution in [-0.2, 0) is 10.8 Å². The second-order valence-corrected chi connectivity index (χ2v) is 11.9. The Bertz CT molecular complexity index is 1600. The summed E-state index contributed by atoms with van der Waals surface area (Å²) in [6, 6.07) is 31.4. The van der Waals surface area contributed by atoms with Crippen LogP contribution in [-0.4, -0.2) is 6.54 Å². The van der Waals surface area contributed by atoms with E-state index >= 15 is 0 Å². The number of nitrogens with zero attached hydrogens (tertiary/aromatic N) is 1. The number of hydrogen-bond donors (Lipinski definition) is 0. The molecule has 1 nitrogen and oxygen atoms in total. The maximum absolute atomic E-state index is 6.05. The highest BCUT2D eigenvalue weighted by Gasteiger charge is 2.37. The van der Waals surface area contributed by atoms with Crippen molar-refractivity contribution in [1.82, 2.24) is 0 Å². The third-order valence-corrected chi connectivity index (χ3v) is 8.80. The van der Waals surface area contributed by atoms with Gasteiger partial charge in [-0.25, -0.2) is 0 Å². The number of halogens is 1. The van der Waals surface area contributed by atoms with Crippen molar-refractivity contribution < 1.29 is 0 Å². The average molecular weight is 526 g/mol. The summed E-state index contributed by atoms with van der Waals surface area (Å²) < 4.78 is 0. The second-order valence-electron chi connectivity index (χ2n) is 11.5. The van der Waals surface area contributed by atoms with Gasteiger partial charge in [0.05, 0.1) is 5.03 Å². The highest BCUT2D eigenvalue weighted by atomic mass is 35.5. The van der Waals surface area contributed by atoms with E-state index in [-0.39, 0.29) is 10.8 Å². The summed E-state index contributed by atoms with van der Waals surface area (Å²) >= 11 is 6.05. The molecule has 0 aliphatic heterocycles. The maximum atomic E-state index is 6.05. The van der Waals surface area contributed by atoms with Gasteiger partial charge in [0.25, 0.3) is 0 Å². The van der Waals surface area contributed by atoms with Crippen LogP contribution in [0.25, 0.3) is 22.3 Å². The first kappa shape index (κ1) is 25.3. The zero-order valence-electron chi connectivity index (χ0n) is 22.9. The number of terminal acetylenes is 1. The molecule has 192 valence electrons. The molecule has 0 aromatic heterocycles. The van der Waals surface area contributed by atoms with E-state index in [1.54, 1.807) is 6.08 Å². The summed E-state index contributed by atoms with van der Waals surface area (Å²) in [6.07, 6.45) is 11.2. The molecule has 0 spiro atoms. The highest BCUT2D eigenvalue weighted by molar-refractivity contribution is 6.32. The van der Waals surface area contributed by atoms with E-state index in [0.29, 0.717) is 11.6 Å². The summed E-state index contributed by atoms with van der Waals surface area (Å²) in [5, 5.41) is 0.395. The van der Waals surface area contributed by atoms with Crippen molar-refractivity contribution in [1.29, 1.82) is 0 Å². The van der Waals surface area contributed by atoms with Gasteiger partial charge in [-0.15, -0.1) is 6.42 Å². The van der Waals surface area contributed by atoms with E-state index in [1.807, 2.05) is 6.08 Å². The van der Waals surface area contributed by atoms with Gasteiger partial charge < -0.3 is 4.90 Å². The van der Waals surface area contributed by atoms with Crippen LogP contribution in [0.5, 0.6) is 0 Å². The summed E-state index contributed by atoms with van der Waals surface area (Å²) in [4.78, 5) is 2.38. The van der Waals surface area contributed by atoms with E-state index in [0.717, 1.165) is 0 Å². The Balaban J connectivity index is 1.46. The number of anilines is 2. The topological polar surface area (TPSA) is 3.24 Å². The van der Waals surface area contributed by atoms with Gasteiger partial charge in [-0.2, -0.15) is 0 Å². The molecular weight excluding hydrogens is 494 g/mol. The lowest BCUT2D eigenvalue weighted by Gasteiger charge is -2.29. The SMILES string of the molecule is C#C/C(Cl)=C\C=C/CN(c1ccc2c(c1)C(C)(C)c1ccccc1-2)c1ccc2c(c1)C(C)(C)c1ccccc1-2. The van der Waals surface area contributed by atoms with E-state index in [9.17, 15) is 0 Å². The molecule has 0 atom stereocenters. The molecule has 39 heavy (non-hydrogen) atoms. The molecule has 0 heterocycles. The summed E-state index contributed by atoms with van der Waals surface area (Å²) in [5.41, 5.74) is 13.0. The van der Waals surface area contributed by atoms with Crippen molar-refractivity contribution in [2.24, 2.45) is 0 Å². The number of benzene rings is 4. The van der Waals surface area contributed by atoms with Gasteiger partial charge in [-0.05, 0) is 74.8 Å². The van der Waals surface area contributed by atoms with E-state index < -0.39 is 0 Å². The molecule has 6 rings (SSSR count). The number of allylic oxidation sites excluding steroid dienone is 3. The van der Waals surface area contributed by atoms with E-state index in [1.165, 1.54) is 55.9 Å². The Kier molecular flexibility index (Phi) is 6.05.